The first kappa shape index (κ1) is 18.4. The highest BCUT2D eigenvalue weighted by Crippen LogP contribution is 2.26. The van der Waals surface area contributed by atoms with Crippen LogP contribution in [0.25, 0.3) is 0 Å². The van der Waals surface area contributed by atoms with E-state index in [1.807, 2.05) is 0 Å². The summed E-state index contributed by atoms with van der Waals surface area (Å²) in [6, 6.07) is 8.04. The van der Waals surface area contributed by atoms with Gasteiger partial charge in [0.25, 0.3) is 0 Å². The second kappa shape index (κ2) is 7.45. The number of phenolic OH excluding ortho intramolecular Hbond substituents is 1. The SMILES string of the molecule is COc1cn(Cc2cc(F)cc(F)c2)c(Nc2cccc(O)c2C)nc1=O. The molecule has 2 aromatic carbocycles. The van der Waals surface area contributed by atoms with E-state index in [1.54, 1.807) is 19.1 Å². The molecule has 0 aliphatic heterocycles. The third-order valence-electron chi connectivity index (χ3n) is 4.01. The number of halogens is 2. The van der Waals surface area contributed by atoms with Crippen LogP contribution in [0.15, 0.2) is 47.4 Å². The molecule has 2 N–H and O–H groups in total. The molecule has 0 saturated carbocycles. The number of ether oxygens (including phenoxy) is 1. The van der Waals surface area contributed by atoms with Gasteiger partial charge in [-0.1, -0.05) is 6.07 Å². The Labute approximate surface area is 153 Å². The Balaban J connectivity index is 2.05. The summed E-state index contributed by atoms with van der Waals surface area (Å²) in [7, 11) is 1.33. The number of hydrogen-bond donors (Lipinski definition) is 2. The number of aromatic hydroxyl groups is 1. The standard InChI is InChI=1S/C19H17F2N3O3/c1-11-15(4-3-5-16(11)25)22-19-23-18(26)17(27-2)10-24(19)9-12-6-13(20)8-14(21)7-12/h3-8,10,25H,9H2,1-2H3,(H,22,23,26). The molecule has 0 fully saturated rings. The molecule has 8 heteroatoms. The smallest absolute Gasteiger partial charge is 0.316 e. The maximum Gasteiger partial charge on any atom is 0.316 e. The van der Waals surface area contributed by atoms with E-state index in [-0.39, 0.29) is 24.0 Å². The van der Waals surface area contributed by atoms with E-state index in [4.69, 9.17) is 4.74 Å². The lowest BCUT2D eigenvalue weighted by Gasteiger charge is -2.16. The first-order valence-corrected chi connectivity index (χ1v) is 8.03. The van der Waals surface area contributed by atoms with Gasteiger partial charge in [0.1, 0.15) is 17.4 Å². The molecule has 1 aromatic heterocycles. The molecule has 0 saturated heterocycles. The number of anilines is 2. The number of nitrogens with zero attached hydrogens (tertiary/aromatic N) is 2. The van der Waals surface area contributed by atoms with Crippen LogP contribution in [0.1, 0.15) is 11.1 Å². The van der Waals surface area contributed by atoms with Gasteiger partial charge in [-0.2, -0.15) is 4.98 Å². The Morgan fingerprint density at radius 2 is 1.93 bits per heavy atom. The summed E-state index contributed by atoms with van der Waals surface area (Å²) in [6.07, 6.45) is 1.40. The van der Waals surface area contributed by atoms with Crippen molar-refractivity contribution >= 4 is 11.6 Å². The lowest BCUT2D eigenvalue weighted by Crippen LogP contribution is -2.19. The topological polar surface area (TPSA) is 76.4 Å². The quantitative estimate of drug-likeness (QED) is 0.717. The predicted octanol–water partition coefficient (Wildman–Crippen LogP) is 3.34. The van der Waals surface area contributed by atoms with Crippen LogP contribution < -0.4 is 15.6 Å². The molecule has 6 nitrogen and oxygen atoms in total. The minimum atomic E-state index is -0.704. The first-order valence-electron chi connectivity index (χ1n) is 8.03. The van der Waals surface area contributed by atoms with Gasteiger partial charge in [-0.15, -0.1) is 0 Å². The van der Waals surface area contributed by atoms with E-state index in [0.717, 1.165) is 6.07 Å². The summed E-state index contributed by atoms with van der Waals surface area (Å²) >= 11 is 0. The Morgan fingerprint density at radius 1 is 1.22 bits per heavy atom. The van der Waals surface area contributed by atoms with Crippen molar-refractivity contribution in [2.75, 3.05) is 12.4 Å². The van der Waals surface area contributed by atoms with Crippen LogP contribution in [0, 0.1) is 18.6 Å². The molecule has 0 amide bonds. The van der Waals surface area contributed by atoms with Crippen LogP contribution in [0.4, 0.5) is 20.4 Å². The van der Waals surface area contributed by atoms with Gasteiger partial charge in [-0.25, -0.2) is 8.78 Å². The van der Waals surface area contributed by atoms with E-state index in [1.165, 1.54) is 36.1 Å². The van der Waals surface area contributed by atoms with Gasteiger partial charge in [0, 0.05) is 17.3 Å². The average molecular weight is 373 g/mol. The monoisotopic (exact) mass is 373 g/mol. The summed E-state index contributed by atoms with van der Waals surface area (Å²) < 4.78 is 33.5. The van der Waals surface area contributed by atoms with Gasteiger partial charge in [-0.05, 0) is 36.8 Å². The fourth-order valence-electron chi connectivity index (χ4n) is 2.61. The molecule has 0 radical (unpaired) electrons. The maximum absolute atomic E-state index is 13.5. The molecule has 0 aliphatic rings. The second-order valence-corrected chi connectivity index (χ2v) is 5.92. The van der Waals surface area contributed by atoms with Crippen molar-refractivity contribution in [2.45, 2.75) is 13.5 Å². The Morgan fingerprint density at radius 3 is 2.59 bits per heavy atom. The third-order valence-corrected chi connectivity index (χ3v) is 4.01. The van der Waals surface area contributed by atoms with Crippen LogP contribution in [0.2, 0.25) is 0 Å². The highest BCUT2D eigenvalue weighted by Gasteiger charge is 2.12. The van der Waals surface area contributed by atoms with Crippen molar-refractivity contribution in [1.82, 2.24) is 9.55 Å². The van der Waals surface area contributed by atoms with Gasteiger partial charge >= 0.3 is 5.56 Å². The van der Waals surface area contributed by atoms with Gasteiger partial charge in [0.2, 0.25) is 11.7 Å². The van der Waals surface area contributed by atoms with Crippen molar-refractivity contribution in [3.05, 3.63) is 75.7 Å². The molecular weight excluding hydrogens is 356 g/mol. The number of phenols is 1. The van der Waals surface area contributed by atoms with E-state index >= 15 is 0 Å². The van der Waals surface area contributed by atoms with Crippen LogP contribution in [-0.4, -0.2) is 21.8 Å². The van der Waals surface area contributed by atoms with E-state index in [0.29, 0.717) is 16.8 Å². The van der Waals surface area contributed by atoms with Gasteiger partial charge in [0.15, 0.2) is 0 Å². The summed E-state index contributed by atoms with van der Waals surface area (Å²) in [5, 5.41) is 12.8. The molecule has 3 aromatic rings. The maximum atomic E-state index is 13.5. The highest BCUT2D eigenvalue weighted by molar-refractivity contribution is 5.62. The minimum absolute atomic E-state index is 0.00921. The van der Waals surface area contributed by atoms with E-state index in [2.05, 4.69) is 10.3 Å². The summed E-state index contributed by atoms with van der Waals surface area (Å²) in [4.78, 5) is 16.0. The molecule has 1 heterocycles. The molecule has 0 atom stereocenters. The fraction of sp³-hybridized carbons (Fsp3) is 0.158. The normalized spacial score (nSPS) is 10.7. The van der Waals surface area contributed by atoms with Crippen molar-refractivity contribution in [1.29, 1.82) is 0 Å². The van der Waals surface area contributed by atoms with Crippen LogP contribution in [0.3, 0.4) is 0 Å². The number of nitrogens with one attached hydrogen (secondary N) is 1. The number of rotatable bonds is 5. The van der Waals surface area contributed by atoms with Crippen molar-refractivity contribution < 1.29 is 18.6 Å². The lowest BCUT2D eigenvalue weighted by molar-refractivity contribution is 0.402. The summed E-state index contributed by atoms with van der Waals surface area (Å²) in [6.45, 7) is 1.74. The molecular formula is C19H17F2N3O3. The second-order valence-electron chi connectivity index (χ2n) is 5.92. The minimum Gasteiger partial charge on any atom is -0.508 e. The molecule has 3 rings (SSSR count). The Bertz CT molecular complexity index is 1030. The average Bonchev–Trinajstić information content (AvgIpc) is 2.60. The summed E-state index contributed by atoms with van der Waals surface area (Å²) in [5.41, 5.74) is 0.840. The van der Waals surface area contributed by atoms with E-state index < -0.39 is 17.2 Å². The van der Waals surface area contributed by atoms with Crippen molar-refractivity contribution in [3.63, 3.8) is 0 Å². The lowest BCUT2D eigenvalue weighted by atomic mass is 10.2. The molecule has 0 bridgehead atoms. The number of aromatic nitrogens is 2. The zero-order valence-electron chi connectivity index (χ0n) is 14.7. The van der Waals surface area contributed by atoms with Gasteiger partial charge in [-0.3, -0.25) is 4.79 Å². The van der Waals surface area contributed by atoms with Gasteiger partial charge < -0.3 is 19.7 Å². The summed E-state index contributed by atoms with van der Waals surface area (Å²) in [5.74, 6) is -1.20. The first-order chi connectivity index (χ1) is 12.9. The van der Waals surface area contributed by atoms with E-state index in [9.17, 15) is 18.7 Å². The third kappa shape index (κ3) is 4.05. The van der Waals surface area contributed by atoms with Gasteiger partial charge in [0.05, 0.1) is 19.9 Å². The number of methoxy groups -OCH3 is 1. The predicted molar refractivity (Wildman–Crippen MR) is 96.6 cm³/mol. The zero-order valence-corrected chi connectivity index (χ0v) is 14.7. The fourth-order valence-corrected chi connectivity index (χ4v) is 2.61. The van der Waals surface area contributed by atoms with Crippen LogP contribution in [-0.2, 0) is 6.54 Å². The Hall–Kier alpha value is -3.42. The number of benzene rings is 2. The van der Waals surface area contributed by atoms with Crippen LogP contribution in [0.5, 0.6) is 11.5 Å². The van der Waals surface area contributed by atoms with Crippen LogP contribution >= 0.6 is 0 Å². The Kier molecular flexibility index (Phi) is 5.07. The molecule has 140 valence electrons. The largest absolute Gasteiger partial charge is 0.508 e. The highest BCUT2D eigenvalue weighted by atomic mass is 19.1. The molecule has 0 unspecified atom stereocenters. The number of hydrogen-bond acceptors (Lipinski definition) is 5. The zero-order chi connectivity index (χ0) is 19.6. The van der Waals surface area contributed by atoms with Crippen molar-refractivity contribution in [3.8, 4) is 11.5 Å². The molecule has 27 heavy (non-hydrogen) atoms. The molecule has 0 aliphatic carbocycles. The van der Waals surface area contributed by atoms with Crippen molar-refractivity contribution in [2.24, 2.45) is 0 Å². The molecule has 0 spiro atoms.